The fourth-order valence-electron chi connectivity index (χ4n) is 2.47. The summed E-state index contributed by atoms with van der Waals surface area (Å²) in [5, 5.41) is 7.84. The number of rotatable bonds is 6. The lowest BCUT2D eigenvalue weighted by atomic mass is 9.85. The summed E-state index contributed by atoms with van der Waals surface area (Å²) in [5.41, 5.74) is 0.825. The number of hydrogen-bond donors (Lipinski definition) is 1. The normalized spacial score (nSPS) is 17.7. The fraction of sp³-hybridized carbons (Fsp3) is 0.500. The molecule has 0 bridgehead atoms. The number of hydrogen-bond acceptors (Lipinski definition) is 6. The molecule has 2 aromatic rings. The van der Waals surface area contributed by atoms with Gasteiger partial charge in [-0.25, -0.2) is 4.98 Å². The number of nitrogens with zero attached hydrogens (tertiary/aromatic N) is 3. The second-order valence-corrected chi connectivity index (χ2v) is 7.03. The van der Waals surface area contributed by atoms with Gasteiger partial charge in [0.1, 0.15) is 5.03 Å². The molecule has 2 aromatic heterocycles. The highest BCUT2D eigenvalue weighted by molar-refractivity contribution is 8.00. The van der Waals surface area contributed by atoms with Crippen LogP contribution in [0.25, 0.3) is 11.4 Å². The minimum atomic E-state index is 0.0531. The molecule has 2 saturated carbocycles. The predicted molar refractivity (Wildman–Crippen MR) is 86.0 cm³/mol. The van der Waals surface area contributed by atoms with Crippen molar-refractivity contribution in [2.45, 2.75) is 49.1 Å². The Bertz CT molecular complexity index is 710. The van der Waals surface area contributed by atoms with Crippen LogP contribution < -0.4 is 5.32 Å². The molecule has 1 amide bonds. The third-order valence-corrected chi connectivity index (χ3v) is 5.20. The average Bonchev–Trinajstić information content (AvgIpc) is 3.19. The van der Waals surface area contributed by atoms with Crippen LogP contribution in [0.15, 0.2) is 27.9 Å². The molecule has 7 heteroatoms. The minimum absolute atomic E-state index is 0.0531. The van der Waals surface area contributed by atoms with Crippen molar-refractivity contribution >= 4 is 17.7 Å². The highest BCUT2D eigenvalue weighted by atomic mass is 32.2. The lowest BCUT2D eigenvalue weighted by Gasteiger charge is -2.20. The largest absolute Gasteiger partial charge is 0.353 e. The van der Waals surface area contributed by atoms with E-state index in [0.29, 0.717) is 23.5 Å². The molecular formula is C16H18N4O2S. The molecule has 2 fully saturated rings. The molecule has 4 rings (SSSR count). The monoisotopic (exact) mass is 330 g/mol. The Labute approximate surface area is 138 Å². The molecule has 0 aromatic carbocycles. The first kappa shape index (κ1) is 14.7. The lowest BCUT2D eigenvalue weighted by Crippen LogP contribution is -2.27. The summed E-state index contributed by atoms with van der Waals surface area (Å²) in [6, 6.07) is 4.15. The second-order valence-electron chi connectivity index (χ2n) is 6.07. The number of pyridine rings is 1. The number of amides is 1. The molecule has 0 saturated heterocycles. The van der Waals surface area contributed by atoms with Gasteiger partial charge in [-0.15, -0.1) is 0 Å². The van der Waals surface area contributed by atoms with Gasteiger partial charge >= 0.3 is 0 Å². The minimum Gasteiger partial charge on any atom is -0.353 e. The van der Waals surface area contributed by atoms with Crippen LogP contribution in [-0.4, -0.2) is 32.8 Å². The molecule has 2 aliphatic rings. The van der Waals surface area contributed by atoms with E-state index >= 15 is 0 Å². The second kappa shape index (κ2) is 6.31. The van der Waals surface area contributed by atoms with Crippen LogP contribution >= 0.6 is 11.8 Å². The smallest absolute Gasteiger partial charge is 0.230 e. The van der Waals surface area contributed by atoms with E-state index in [-0.39, 0.29) is 5.91 Å². The summed E-state index contributed by atoms with van der Waals surface area (Å²) in [7, 11) is 0. The lowest BCUT2D eigenvalue weighted by molar-refractivity contribution is -0.118. The Kier molecular flexibility index (Phi) is 4.03. The molecule has 2 heterocycles. The van der Waals surface area contributed by atoms with Gasteiger partial charge in [-0.2, -0.15) is 4.98 Å². The number of carbonyl (C=O) groups is 1. The summed E-state index contributed by atoms with van der Waals surface area (Å²) >= 11 is 1.41. The van der Waals surface area contributed by atoms with Gasteiger partial charge in [0.05, 0.1) is 11.3 Å². The molecular weight excluding hydrogens is 312 g/mol. The molecule has 2 aliphatic carbocycles. The van der Waals surface area contributed by atoms with Gasteiger partial charge < -0.3 is 9.84 Å². The molecule has 0 aliphatic heterocycles. The van der Waals surface area contributed by atoms with Crippen LogP contribution in [-0.2, 0) is 4.79 Å². The summed E-state index contributed by atoms with van der Waals surface area (Å²) in [6.45, 7) is 0. The van der Waals surface area contributed by atoms with E-state index < -0.39 is 0 Å². The van der Waals surface area contributed by atoms with Crippen LogP contribution in [0.3, 0.4) is 0 Å². The number of nitrogens with one attached hydrogen (secondary N) is 1. The first-order valence-corrected chi connectivity index (χ1v) is 8.99. The zero-order valence-electron chi connectivity index (χ0n) is 12.7. The van der Waals surface area contributed by atoms with E-state index in [9.17, 15) is 4.79 Å². The average molecular weight is 330 g/mol. The highest BCUT2D eigenvalue weighted by Crippen LogP contribution is 2.36. The molecule has 1 N–H and O–H groups in total. The Morgan fingerprint density at radius 3 is 2.96 bits per heavy atom. The van der Waals surface area contributed by atoms with Gasteiger partial charge in [0.2, 0.25) is 17.6 Å². The molecule has 6 nitrogen and oxygen atoms in total. The van der Waals surface area contributed by atoms with E-state index in [4.69, 9.17) is 4.52 Å². The number of carbonyl (C=O) groups excluding carboxylic acids is 1. The Balaban J connectivity index is 1.47. The van der Waals surface area contributed by atoms with E-state index in [1.54, 1.807) is 6.20 Å². The maximum Gasteiger partial charge on any atom is 0.230 e. The van der Waals surface area contributed by atoms with Crippen LogP contribution in [0, 0.1) is 0 Å². The zero-order valence-corrected chi connectivity index (χ0v) is 13.5. The van der Waals surface area contributed by atoms with Gasteiger partial charge in [-0.05, 0) is 37.8 Å². The van der Waals surface area contributed by atoms with Gasteiger partial charge in [0.25, 0.3) is 0 Å². The van der Waals surface area contributed by atoms with Gasteiger partial charge in [0, 0.05) is 18.2 Å². The van der Waals surface area contributed by atoms with Crippen molar-refractivity contribution in [3.63, 3.8) is 0 Å². The van der Waals surface area contributed by atoms with Crippen molar-refractivity contribution in [2.75, 3.05) is 5.75 Å². The van der Waals surface area contributed by atoms with Crippen LogP contribution in [0.2, 0.25) is 0 Å². The summed E-state index contributed by atoms with van der Waals surface area (Å²) in [6.07, 6.45) is 7.38. The van der Waals surface area contributed by atoms with Crippen LogP contribution in [0.5, 0.6) is 0 Å². The van der Waals surface area contributed by atoms with Crippen molar-refractivity contribution in [1.29, 1.82) is 0 Å². The summed E-state index contributed by atoms with van der Waals surface area (Å²) in [5.74, 6) is 2.10. The SMILES string of the molecule is O=C(CSc1ncccc1-c1noc(C2CCC2)n1)NC1CC1. The number of thioether (sulfide) groups is 1. The molecule has 0 radical (unpaired) electrons. The zero-order chi connectivity index (χ0) is 15.6. The molecule has 0 unspecified atom stereocenters. The van der Waals surface area contributed by atoms with Crippen molar-refractivity contribution in [1.82, 2.24) is 20.4 Å². The third kappa shape index (κ3) is 3.39. The quantitative estimate of drug-likeness (QED) is 0.820. The Morgan fingerprint density at radius 1 is 1.35 bits per heavy atom. The van der Waals surface area contributed by atoms with E-state index in [1.165, 1.54) is 18.2 Å². The molecule has 0 spiro atoms. The fourth-order valence-corrected chi connectivity index (χ4v) is 3.27. The highest BCUT2D eigenvalue weighted by Gasteiger charge is 2.26. The topological polar surface area (TPSA) is 80.9 Å². The van der Waals surface area contributed by atoms with Gasteiger partial charge in [-0.1, -0.05) is 23.3 Å². The van der Waals surface area contributed by atoms with Crippen LogP contribution in [0.1, 0.15) is 43.9 Å². The maximum absolute atomic E-state index is 11.8. The Hall–Kier alpha value is -1.89. The maximum atomic E-state index is 11.8. The first-order chi connectivity index (χ1) is 11.3. The van der Waals surface area contributed by atoms with Crippen LogP contribution in [0.4, 0.5) is 0 Å². The molecule has 0 atom stereocenters. The van der Waals surface area contributed by atoms with E-state index in [2.05, 4.69) is 20.4 Å². The standard InChI is InChI=1S/C16H18N4O2S/c21-13(18-11-6-7-11)9-23-16-12(5-2-8-17-16)14-19-15(22-20-14)10-3-1-4-10/h2,5,8,10-11H,1,3-4,6-7,9H2,(H,18,21). The Morgan fingerprint density at radius 2 is 2.22 bits per heavy atom. The molecule has 120 valence electrons. The summed E-state index contributed by atoms with van der Waals surface area (Å²) in [4.78, 5) is 20.7. The summed E-state index contributed by atoms with van der Waals surface area (Å²) < 4.78 is 5.39. The van der Waals surface area contributed by atoms with Crippen molar-refractivity contribution in [3.05, 3.63) is 24.2 Å². The third-order valence-electron chi connectivity index (χ3n) is 4.19. The van der Waals surface area contributed by atoms with Gasteiger partial charge in [0.15, 0.2) is 0 Å². The van der Waals surface area contributed by atoms with E-state index in [0.717, 1.165) is 42.2 Å². The first-order valence-electron chi connectivity index (χ1n) is 8.01. The van der Waals surface area contributed by atoms with Crippen molar-refractivity contribution < 1.29 is 9.32 Å². The van der Waals surface area contributed by atoms with E-state index in [1.807, 2.05) is 12.1 Å². The number of aromatic nitrogens is 3. The van der Waals surface area contributed by atoms with Crippen molar-refractivity contribution in [3.8, 4) is 11.4 Å². The molecule has 23 heavy (non-hydrogen) atoms. The predicted octanol–water partition coefficient (Wildman–Crippen LogP) is 2.77. The van der Waals surface area contributed by atoms with Gasteiger partial charge in [-0.3, -0.25) is 4.79 Å². The van der Waals surface area contributed by atoms with Crippen molar-refractivity contribution in [2.24, 2.45) is 0 Å².